The van der Waals surface area contributed by atoms with E-state index in [1.54, 1.807) is 34.9 Å². The predicted octanol–water partition coefficient (Wildman–Crippen LogP) is 2.92. The van der Waals surface area contributed by atoms with Crippen LogP contribution in [0.5, 0.6) is 0 Å². The Morgan fingerprint density at radius 1 is 1.11 bits per heavy atom. The second-order valence-electron chi connectivity index (χ2n) is 5.76. The van der Waals surface area contributed by atoms with E-state index in [0.717, 1.165) is 5.56 Å². The molecule has 2 aromatic heterocycles. The summed E-state index contributed by atoms with van der Waals surface area (Å²) in [7, 11) is -3.55. The van der Waals surface area contributed by atoms with Gasteiger partial charge in [0.25, 0.3) is 0 Å². The van der Waals surface area contributed by atoms with Crippen molar-refractivity contribution in [1.82, 2.24) is 18.9 Å². The number of sulfonamides is 1. The maximum Gasteiger partial charge on any atom is 0.244 e. The number of thioether (sulfide) groups is 1. The quantitative estimate of drug-likeness (QED) is 0.565. The van der Waals surface area contributed by atoms with E-state index < -0.39 is 10.0 Å². The molecule has 0 unspecified atom stereocenters. The molecule has 0 fully saturated rings. The highest BCUT2D eigenvalue weighted by Gasteiger charge is 2.22. The van der Waals surface area contributed by atoms with Crippen LogP contribution in [0, 0.1) is 11.3 Å². The van der Waals surface area contributed by atoms with Gasteiger partial charge in [0.15, 0.2) is 10.8 Å². The summed E-state index contributed by atoms with van der Waals surface area (Å²) in [5, 5.41) is 17.8. The van der Waals surface area contributed by atoms with Crippen LogP contribution >= 0.6 is 11.8 Å². The third kappa shape index (κ3) is 3.98. The first-order valence-electron chi connectivity index (χ1n) is 8.46. The van der Waals surface area contributed by atoms with Crippen molar-refractivity contribution >= 4 is 27.4 Å². The minimum Gasteiger partial charge on any atom is -0.276 e. The average Bonchev–Trinajstić information content (AvgIpc) is 3.10. The van der Waals surface area contributed by atoms with Gasteiger partial charge in [-0.2, -0.15) is 9.57 Å². The molecule has 27 heavy (non-hydrogen) atoms. The van der Waals surface area contributed by atoms with E-state index in [-0.39, 0.29) is 4.90 Å². The SMILES string of the molecule is CCN(CC)S(=O)(=O)c1ccc2nnc(SCc3ccc(C#N)cc3)n2c1. The lowest BCUT2D eigenvalue weighted by molar-refractivity contribution is 0.445. The number of benzene rings is 1. The Kier molecular flexibility index (Phi) is 5.79. The summed E-state index contributed by atoms with van der Waals surface area (Å²) in [6.45, 7) is 4.47. The lowest BCUT2D eigenvalue weighted by Crippen LogP contribution is -2.30. The molecule has 0 aliphatic carbocycles. The molecular formula is C18H19N5O2S2. The van der Waals surface area contributed by atoms with Crippen molar-refractivity contribution in [3.05, 3.63) is 53.7 Å². The van der Waals surface area contributed by atoms with Crippen LogP contribution in [0.3, 0.4) is 0 Å². The second-order valence-corrected chi connectivity index (χ2v) is 8.64. The van der Waals surface area contributed by atoms with Gasteiger partial charge in [0.1, 0.15) is 0 Å². The fourth-order valence-corrected chi connectivity index (χ4v) is 4.97. The van der Waals surface area contributed by atoms with E-state index in [1.807, 2.05) is 26.0 Å². The van der Waals surface area contributed by atoms with Crippen LogP contribution in [0.2, 0.25) is 0 Å². The third-order valence-corrected chi connectivity index (χ3v) is 7.19. The van der Waals surface area contributed by atoms with Crippen LogP contribution in [0.25, 0.3) is 5.65 Å². The molecule has 0 atom stereocenters. The standard InChI is InChI=1S/C18H19N5O2S2/c1-3-22(4-2)27(24,25)16-9-10-17-20-21-18(23(17)12-16)26-13-15-7-5-14(11-19)6-8-15/h5-10,12H,3-4,13H2,1-2H3. The van der Waals surface area contributed by atoms with Gasteiger partial charge in [0.05, 0.1) is 16.5 Å². The van der Waals surface area contributed by atoms with Crippen LogP contribution in [-0.2, 0) is 15.8 Å². The third-order valence-electron chi connectivity index (χ3n) is 4.14. The average molecular weight is 402 g/mol. The molecule has 9 heteroatoms. The molecule has 2 heterocycles. The number of hydrogen-bond acceptors (Lipinski definition) is 6. The molecule has 0 saturated heterocycles. The number of hydrogen-bond donors (Lipinski definition) is 0. The van der Waals surface area contributed by atoms with E-state index >= 15 is 0 Å². The smallest absolute Gasteiger partial charge is 0.244 e. The van der Waals surface area contributed by atoms with E-state index in [1.165, 1.54) is 16.1 Å². The van der Waals surface area contributed by atoms with Crippen molar-refractivity contribution in [3.63, 3.8) is 0 Å². The zero-order valence-electron chi connectivity index (χ0n) is 15.0. The minimum absolute atomic E-state index is 0.221. The topological polar surface area (TPSA) is 91.4 Å². The molecule has 0 spiro atoms. The molecule has 3 rings (SSSR count). The molecule has 140 valence electrons. The molecule has 0 amide bonds. The molecule has 7 nitrogen and oxygen atoms in total. The number of pyridine rings is 1. The molecule has 0 radical (unpaired) electrons. The Labute approximate surface area is 162 Å². The molecule has 0 aliphatic heterocycles. The number of nitrogens with zero attached hydrogens (tertiary/aromatic N) is 5. The Hall–Kier alpha value is -2.41. The van der Waals surface area contributed by atoms with E-state index in [2.05, 4.69) is 16.3 Å². The van der Waals surface area contributed by atoms with E-state index in [9.17, 15) is 8.42 Å². The van der Waals surface area contributed by atoms with Crippen LogP contribution < -0.4 is 0 Å². The largest absolute Gasteiger partial charge is 0.276 e. The number of rotatable bonds is 7. The van der Waals surface area contributed by atoms with E-state index in [0.29, 0.717) is 35.2 Å². The number of fused-ring (bicyclic) bond motifs is 1. The highest BCUT2D eigenvalue weighted by molar-refractivity contribution is 7.98. The molecule has 1 aromatic carbocycles. The zero-order chi connectivity index (χ0) is 19.4. The van der Waals surface area contributed by atoms with Crippen molar-refractivity contribution in [2.45, 2.75) is 29.7 Å². The maximum absolute atomic E-state index is 12.7. The van der Waals surface area contributed by atoms with Crippen LogP contribution in [0.4, 0.5) is 0 Å². The summed E-state index contributed by atoms with van der Waals surface area (Å²) >= 11 is 1.46. The lowest BCUT2D eigenvalue weighted by atomic mass is 10.2. The Morgan fingerprint density at radius 2 is 1.81 bits per heavy atom. The Bertz CT molecular complexity index is 1080. The van der Waals surface area contributed by atoms with Gasteiger partial charge in [-0.3, -0.25) is 4.40 Å². The van der Waals surface area contributed by atoms with Crippen molar-refractivity contribution in [3.8, 4) is 6.07 Å². The predicted molar refractivity (Wildman–Crippen MR) is 104 cm³/mol. The Balaban J connectivity index is 1.87. The summed E-state index contributed by atoms with van der Waals surface area (Å²) in [6, 6.07) is 12.6. The summed E-state index contributed by atoms with van der Waals surface area (Å²) in [6.07, 6.45) is 1.57. The molecule has 0 aliphatic rings. The van der Waals surface area contributed by atoms with Gasteiger partial charge in [-0.25, -0.2) is 8.42 Å². The van der Waals surface area contributed by atoms with Crippen LogP contribution in [0.15, 0.2) is 52.6 Å². The van der Waals surface area contributed by atoms with Gasteiger partial charge >= 0.3 is 0 Å². The first-order chi connectivity index (χ1) is 13.0. The summed E-state index contributed by atoms with van der Waals surface area (Å²) in [5.74, 6) is 0.638. The number of nitriles is 1. The van der Waals surface area contributed by atoms with Crippen molar-refractivity contribution in [1.29, 1.82) is 5.26 Å². The fraction of sp³-hybridized carbons (Fsp3) is 0.278. The van der Waals surface area contributed by atoms with Crippen molar-refractivity contribution < 1.29 is 8.42 Å². The molecule has 0 bridgehead atoms. The first-order valence-corrected chi connectivity index (χ1v) is 10.9. The lowest BCUT2D eigenvalue weighted by Gasteiger charge is -2.18. The van der Waals surface area contributed by atoms with Gasteiger partial charge in [-0.15, -0.1) is 10.2 Å². The summed E-state index contributed by atoms with van der Waals surface area (Å²) < 4.78 is 28.6. The molecule has 0 saturated carbocycles. The highest BCUT2D eigenvalue weighted by atomic mass is 32.2. The van der Waals surface area contributed by atoms with Gasteiger partial charge in [-0.05, 0) is 29.8 Å². The molecule has 3 aromatic rings. The monoisotopic (exact) mass is 401 g/mol. The minimum atomic E-state index is -3.55. The maximum atomic E-state index is 12.7. The zero-order valence-corrected chi connectivity index (χ0v) is 16.7. The second kappa shape index (κ2) is 8.08. The summed E-state index contributed by atoms with van der Waals surface area (Å²) in [4.78, 5) is 0.221. The molecular weight excluding hydrogens is 382 g/mol. The van der Waals surface area contributed by atoms with Crippen molar-refractivity contribution in [2.75, 3.05) is 13.1 Å². The fourth-order valence-electron chi connectivity index (χ4n) is 2.64. The Morgan fingerprint density at radius 3 is 2.44 bits per heavy atom. The van der Waals surface area contributed by atoms with Gasteiger partial charge in [0.2, 0.25) is 10.0 Å². The summed E-state index contributed by atoms with van der Waals surface area (Å²) in [5.41, 5.74) is 2.25. The van der Waals surface area contributed by atoms with Crippen LogP contribution in [0.1, 0.15) is 25.0 Å². The van der Waals surface area contributed by atoms with Crippen molar-refractivity contribution in [2.24, 2.45) is 0 Å². The first kappa shape index (κ1) is 19.4. The number of aromatic nitrogens is 3. The van der Waals surface area contributed by atoms with Crippen LogP contribution in [-0.4, -0.2) is 40.4 Å². The van der Waals surface area contributed by atoms with Gasteiger partial charge < -0.3 is 0 Å². The van der Waals surface area contributed by atoms with Gasteiger partial charge in [0, 0.05) is 25.0 Å². The van der Waals surface area contributed by atoms with Gasteiger partial charge in [-0.1, -0.05) is 37.7 Å². The van der Waals surface area contributed by atoms with E-state index in [4.69, 9.17) is 5.26 Å². The molecule has 0 N–H and O–H groups in total. The highest BCUT2D eigenvalue weighted by Crippen LogP contribution is 2.24. The normalized spacial score (nSPS) is 11.8.